The van der Waals surface area contributed by atoms with Crippen molar-refractivity contribution in [1.82, 2.24) is 15.0 Å². The molecule has 0 aliphatic rings. The van der Waals surface area contributed by atoms with Gasteiger partial charge in [-0.2, -0.15) is 4.98 Å². The molecule has 0 bridgehead atoms. The normalized spacial score (nSPS) is 11.6. The summed E-state index contributed by atoms with van der Waals surface area (Å²) in [4.78, 5) is 13.5. The van der Waals surface area contributed by atoms with E-state index in [4.69, 9.17) is 11.5 Å². The molecule has 5 N–H and O–H groups in total. The lowest BCUT2D eigenvalue weighted by Gasteiger charge is -2.07. The Hall–Kier alpha value is -2.80. The molecular formula is C16H18N6S. The molecule has 6 nitrogen and oxygen atoms in total. The average molecular weight is 326 g/mol. The van der Waals surface area contributed by atoms with Gasteiger partial charge >= 0.3 is 0 Å². The lowest BCUT2D eigenvalue weighted by Crippen LogP contribution is -2.01. The van der Waals surface area contributed by atoms with Crippen LogP contribution in [0, 0.1) is 6.92 Å². The van der Waals surface area contributed by atoms with E-state index in [0.29, 0.717) is 5.82 Å². The summed E-state index contributed by atoms with van der Waals surface area (Å²) in [6, 6.07) is 5.64. The number of nitrogens with zero attached hydrogens (tertiary/aromatic N) is 3. The van der Waals surface area contributed by atoms with Gasteiger partial charge in [-0.05, 0) is 37.4 Å². The Kier molecular flexibility index (Phi) is 5.76. The first-order chi connectivity index (χ1) is 11.1. The van der Waals surface area contributed by atoms with E-state index in [1.807, 2.05) is 31.2 Å². The van der Waals surface area contributed by atoms with Gasteiger partial charge in [-0.15, -0.1) is 0 Å². The van der Waals surface area contributed by atoms with Crippen molar-refractivity contribution < 1.29 is 0 Å². The van der Waals surface area contributed by atoms with Crippen molar-refractivity contribution in [3.8, 4) is 0 Å². The Labute approximate surface area is 139 Å². The van der Waals surface area contributed by atoms with Crippen molar-refractivity contribution in [2.24, 2.45) is 5.73 Å². The molecule has 0 aromatic carbocycles. The van der Waals surface area contributed by atoms with Gasteiger partial charge in [0.15, 0.2) is 0 Å². The number of nitrogens with one attached hydrogen (secondary N) is 1. The fourth-order valence-electron chi connectivity index (χ4n) is 1.77. The van der Waals surface area contributed by atoms with Crippen LogP contribution in [0.3, 0.4) is 0 Å². The van der Waals surface area contributed by atoms with Crippen molar-refractivity contribution >= 4 is 29.2 Å². The van der Waals surface area contributed by atoms with E-state index in [2.05, 4.69) is 26.8 Å². The second-order valence-corrected chi connectivity index (χ2v) is 5.62. The van der Waals surface area contributed by atoms with Crippen molar-refractivity contribution in [1.29, 1.82) is 0 Å². The fourth-order valence-corrected chi connectivity index (χ4v) is 2.57. The first-order valence-electron chi connectivity index (χ1n) is 6.84. The molecule has 23 heavy (non-hydrogen) atoms. The molecule has 0 amide bonds. The van der Waals surface area contributed by atoms with Crippen LogP contribution in [-0.4, -0.2) is 15.0 Å². The van der Waals surface area contributed by atoms with Crippen molar-refractivity contribution in [2.45, 2.75) is 11.9 Å². The fraction of sp³-hybridized carbons (Fsp3) is 0.0625. The van der Waals surface area contributed by atoms with Gasteiger partial charge in [0.1, 0.15) is 10.8 Å². The zero-order valence-corrected chi connectivity index (χ0v) is 13.5. The minimum absolute atomic E-state index is 0.236. The van der Waals surface area contributed by atoms with Gasteiger partial charge in [0, 0.05) is 16.7 Å². The maximum absolute atomic E-state index is 5.64. The van der Waals surface area contributed by atoms with E-state index in [-0.39, 0.29) is 5.95 Å². The van der Waals surface area contributed by atoms with Crippen LogP contribution >= 0.6 is 11.8 Å². The molecule has 118 valence electrons. The van der Waals surface area contributed by atoms with Gasteiger partial charge in [-0.3, -0.25) is 0 Å². The Morgan fingerprint density at radius 1 is 1.35 bits per heavy atom. The quantitative estimate of drug-likeness (QED) is 0.553. The summed E-state index contributed by atoms with van der Waals surface area (Å²) < 4.78 is 0. The summed E-state index contributed by atoms with van der Waals surface area (Å²) in [5.41, 5.74) is 12.7. The van der Waals surface area contributed by atoms with Crippen LogP contribution < -0.4 is 16.8 Å². The van der Waals surface area contributed by atoms with Gasteiger partial charge in [-0.25, -0.2) is 9.97 Å². The molecule has 0 fully saturated rings. The highest BCUT2D eigenvalue weighted by molar-refractivity contribution is 8.03. The second kappa shape index (κ2) is 8.00. The topological polar surface area (TPSA) is 103 Å². The van der Waals surface area contributed by atoms with E-state index in [0.717, 1.165) is 21.3 Å². The van der Waals surface area contributed by atoms with Gasteiger partial charge in [0.2, 0.25) is 5.95 Å². The van der Waals surface area contributed by atoms with Crippen LogP contribution in [0.4, 0.5) is 17.5 Å². The smallest absolute Gasteiger partial charge is 0.222 e. The number of thioether (sulfide) groups is 1. The number of nitrogen functional groups attached to an aromatic ring is 1. The van der Waals surface area contributed by atoms with Crippen molar-refractivity contribution in [3.63, 3.8) is 0 Å². The lowest BCUT2D eigenvalue weighted by atomic mass is 10.4. The summed E-state index contributed by atoms with van der Waals surface area (Å²) in [5, 5.41) is 4.00. The largest absolute Gasteiger partial charge is 0.405 e. The Morgan fingerprint density at radius 3 is 2.78 bits per heavy atom. The minimum atomic E-state index is 0.236. The number of allylic oxidation sites excluding steroid dienone is 3. The van der Waals surface area contributed by atoms with Crippen LogP contribution in [0.2, 0.25) is 0 Å². The number of pyridine rings is 1. The number of anilines is 3. The zero-order chi connectivity index (χ0) is 16.7. The Morgan fingerprint density at radius 2 is 2.17 bits per heavy atom. The first-order valence-corrected chi connectivity index (χ1v) is 7.65. The second-order valence-electron chi connectivity index (χ2n) is 4.53. The zero-order valence-electron chi connectivity index (χ0n) is 12.7. The molecule has 7 heteroatoms. The first kappa shape index (κ1) is 16.6. The number of hydrogen-bond donors (Lipinski definition) is 3. The van der Waals surface area contributed by atoms with Crippen molar-refractivity contribution in [3.05, 3.63) is 66.0 Å². The van der Waals surface area contributed by atoms with Gasteiger partial charge in [-0.1, -0.05) is 24.4 Å². The predicted octanol–water partition coefficient (Wildman–Crippen LogP) is 3.14. The molecule has 0 aliphatic carbocycles. The summed E-state index contributed by atoms with van der Waals surface area (Å²) in [6.45, 7) is 5.54. The average Bonchev–Trinajstić information content (AvgIpc) is 2.49. The SMILES string of the molecule is C=C/C=C(\C=C/N)Sc1ccc(Nc2cc(C)nc(N)n2)cn1. The van der Waals surface area contributed by atoms with E-state index in [1.165, 1.54) is 18.0 Å². The summed E-state index contributed by atoms with van der Waals surface area (Å²) in [5.74, 6) is 0.871. The van der Waals surface area contributed by atoms with Gasteiger partial charge in [0.05, 0.1) is 11.9 Å². The lowest BCUT2D eigenvalue weighted by molar-refractivity contribution is 1.11. The maximum Gasteiger partial charge on any atom is 0.222 e. The molecule has 0 unspecified atom stereocenters. The molecule has 0 atom stereocenters. The van der Waals surface area contributed by atoms with Crippen LogP contribution in [0.15, 0.2) is 65.3 Å². The van der Waals surface area contributed by atoms with E-state index < -0.39 is 0 Å². The molecule has 0 saturated heterocycles. The molecule has 0 spiro atoms. The number of rotatable bonds is 6. The molecule has 0 aliphatic heterocycles. The third kappa shape index (κ3) is 5.15. The highest BCUT2D eigenvalue weighted by atomic mass is 32.2. The molecule has 0 saturated carbocycles. The molecule has 2 heterocycles. The highest BCUT2D eigenvalue weighted by Crippen LogP contribution is 2.27. The molecule has 0 radical (unpaired) electrons. The van der Waals surface area contributed by atoms with Gasteiger partial charge < -0.3 is 16.8 Å². The summed E-state index contributed by atoms with van der Waals surface area (Å²) in [7, 11) is 0. The molecule has 2 aromatic heterocycles. The Bertz CT molecular complexity index is 716. The molecular weight excluding hydrogens is 308 g/mol. The van der Waals surface area contributed by atoms with E-state index >= 15 is 0 Å². The molecule has 2 rings (SSSR count). The number of aryl methyl sites for hydroxylation is 1. The van der Waals surface area contributed by atoms with Crippen LogP contribution in [0.1, 0.15) is 5.69 Å². The van der Waals surface area contributed by atoms with Crippen LogP contribution in [-0.2, 0) is 0 Å². The highest BCUT2D eigenvalue weighted by Gasteiger charge is 2.02. The van der Waals surface area contributed by atoms with Gasteiger partial charge in [0.25, 0.3) is 0 Å². The standard InChI is InChI=1S/C16H18N6S/c1-3-4-13(7-8-17)23-15-6-5-12(10-19-15)21-14-9-11(2)20-16(18)22-14/h3-10H,1,17H2,2H3,(H3,18,20,21,22)/b8-7-,13-4+. The van der Waals surface area contributed by atoms with E-state index in [9.17, 15) is 0 Å². The van der Waals surface area contributed by atoms with E-state index in [1.54, 1.807) is 18.3 Å². The third-order valence-electron chi connectivity index (χ3n) is 2.65. The summed E-state index contributed by atoms with van der Waals surface area (Å²) in [6.07, 6.45) is 8.59. The summed E-state index contributed by atoms with van der Waals surface area (Å²) >= 11 is 1.50. The Balaban J connectivity index is 2.10. The third-order valence-corrected chi connectivity index (χ3v) is 3.60. The number of hydrogen-bond acceptors (Lipinski definition) is 7. The van der Waals surface area contributed by atoms with Crippen molar-refractivity contribution in [2.75, 3.05) is 11.1 Å². The monoisotopic (exact) mass is 326 g/mol. The maximum atomic E-state index is 5.64. The molecule has 2 aromatic rings. The number of nitrogens with two attached hydrogens (primary N) is 2. The minimum Gasteiger partial charge on any atom is -0.405 e. The van der Waals surface area contributed by atoms with Crippen LogP contribution in [0.25, 0.3) is 0 Å². The number of aromatic nitrogens is 3. The predicted molar refractivity (Wildman–Crippen MR) is 96.2 cm³/mol. The van der Waals surface area contributed by atoms with Crippen LogP contribution in [0.5, 0.6) is 0 Å².